The largest absolute Gasteiger partial charge is 0.300 e. The van der Waals surface area contributed by atoms with Crippen molar-refractivity contribution in [2.45, 2.75) is 43.5 Å². The molecule has 0 aromatic rings. The summed E-state index contributed by atoms with van der Waals surface area (Å²) in [6.07, 6.45) is 5.82. The van der Waals surface area contributed by atoms with Crippen molar-refractivity contribution in [1.82, 2.24) is 5.32 Å². The highest BCUT2D eigenvalue weighted by Crippen LogP contribution is 2.62. The van der Waals surface area contributed by atoms with Gasteiger partial charge in [-0.15, -0.1) is 11.8 Å². The van der Waals surface area contributed by atoms with Crippen LogP contribution in [0.25, 0.3) is 0 Å². The lowest BCUT2D eigenvalue weighted by Gasteiger charge is -2.39. The van der Waals surface area contributed by atoms with Crippen LogP contribution in [-0.4, -0.2) is 16.7 Å². The van der Waals surface area contributed by atoms with Crippen LogP contribution < -0.4 is 5.32 Å². The zero-order valence-corrected chi connectivity index (χ0v) is 8.49. The van der Waals surface area contributed by atoms with Crippen molar-refractivity contribution in [3.8, 4) is 0 Å². The van der Waals surface area contributed by atoms with E-state index in [-0.39, 0.29) is 0 Å². The number of rotatable bonds is 0. The molecular formula is C10H17NS. The average molecular weight is 183 g/mol. The van der Waals surface area contributed by atoms with Crippen LogP contribution in [0.2, 0.25) is 0 Å². The van der Waals surface area contributed by atoms with Crippen LogP contribution in [0.5, 0.6) is 0 Å². The predicted octanol–water partition coefficient (Wildman–Crippen LogP) is 2.23. The van der Waals surface area contributed by atoms with Crippen LogP contribution in [0.4, 0.5) is 0 Å². The molecule has 3 fully saturated rings. The van der Waals surface area contributed by atoms with Gasteiger partial charge in [0.2, 0.25) is 0 Å². The van der Waals surface area contributed by atoms with Gasteiger partial charge >= 0.3 is 0 Å². The van der Waals surface area contributed by atoms with Gasteiger partial charge in [-0.2, -0.15) is 0 Å². The van der Waals surface area contributed by atoms with Gasteiger partial charge in [-0.25, -0.2) is 0 Å². The highest BCUT2D eigenvalue weighted by molar-refractivity contribution is 8.00. The molecule has 1 spiro atoms. The van der Waals surface area contributed by atoms with E-state index in [1.54, 1.807) is 0 Å². The first kappa shape index (κ1) is 7.69. The third-order valence-corrected chi connectivity index (χ3v) is 5.39. The van der Waals surface area contributed by atoms with Crippen molar-refractivity contribution in [2.24, 2.45) is 11.8 Å². The summed E-state index contributed by atoms with van der Waals surface area (Å²) in [4.78, 5) is 0.544. The van der Waals surface area contributed by atoms with E-state index < -0.39 is 0 Å². The fourth-order valence-electron chi connectivity index (χ4n) is 3.03. The Balaban J connectivity index is 1.80. The molecule has 4 atom stereocenters. The van der Waals surface area contributed by atoms with Gasteiger partial charge in [0.15, 0.2) is 0 Å². The van der Waals surface area contributed by atoms with Crippen LogP contribution in [0, 0.1) is 11.8 Å². The van der Waals surface area contributed by atoms with Crippen molar-refractivity contribution in [3.63, 3.8) is 0 Å². The number of hydrogen-bond acceptors (Lipinski definition) is 2. The average Bonchev–Trinajstić information content (AvgIpc) is 2.75. The second kappa shape index (κ2) is 2.42. The summed E-state index contributed by atoms with van der Waals surface area (Å²) in [5.41, 5.74) is 0. The molecule has 68 valence electrons. The summed E-state index contributed by atoms with van der Waals surface area (Å²) in [5.74, 6) is 3.54. The molecule has 1 N–H and O–H groups in total. The zero-order chi connectivity index (χ0) is 8.18. The molecule has 0 bridgehead atoms. The summed E-state index contributed by atoms with van der Waals surface area (Å²) in [7, 11) is 0. The van der Waals surface area contributed by atoms with Crippen molar-refractivity contribution in [3.05, 3.63) is 0 Å². The third-order valence-electron chi connectivity index (χ3n) is 3.81. The Morgan fingerprint density at radius 1 is 1.42 bits per heavy atom. The quantitative estimate of drug-likeness (QED) is 0.618. The summed E-state index contributed by atoms with van der Waals surface area (Å²) in [6, 6.07) is 0.769. The molecular weight excluding hydrogens is 166 g/mol. The van der Waals surface area contributed by atoms with Crippen LogP contribution in [0.15, 0.2) is 0 Å². The van der Waals surface area contributed by atoms with Gasteiger partial charge in [-0.1, -0.05) is 0 Å². The van der Waals surface area contributed by atoms with Crippen molar-refractivity contribution >= 4 is 11.8 Å². The second-order valence-corrected chi connectivity index (χ2v) is 6.14. The van der Waals surface area contributed by atoms with Crippen LogP contribution in [0.3, 0.4) is 0 Å². The fourth-order valence-corrected chi connectivity index (χ4v) is 4.92. The highest BCUT2D eigenvalue weighted by Gasteiger charge is 2.58. The molecule has 0 radical (unpaired) electrons. The van der Waals surface area contributed by atoms with E-state index >= 15 is 0 Å². The van der Waals surface area contributed by atoms with Gasteiger partial charge < -0.3 is 5.32 Å². The second-order valence-electron chi connectivity index (χ2n) is 4.71. The molecule has 0 aromatic heterocycles. The minimum absolute atomic E-state index is 0.544. The van der Waals surface area contributed by atoms with E-state index in [0.717, 1.165) is 17.9 Å². The molecule has 12 heavy (non-hydrogen) atoms. The zero-order valence-electron chi connectivity index (χ0n) is 7.68. The molecule has 0 aromatic carbocycles. The molecule has 2 saturated carbocycles. The van der Waals surface area contributed by atoms with E-state index in [0.29, 0.717) is 4.87 Å². The lowest BCUT2D eigenvalue weighted by Crippen LogP contribution is -2.50. The monoisotopic (exact) mass is 183 g/mol. The summed E-state index contributed by atoms with van der Waals surface area (Å²) < 4.78 is 0. The Morgan fingerprint density at radius 2 is 2.33 bits per heavy atom. The highest BCUT2D eigenvalue weighted by atomic mass is 32.2. The number of thioether (sulfide) groups is 1. The van der Waals surface area contributed by atoms with Crippen molar-refractivity contribution in [2.75, 3.05) is 5.75 Å². The Bertz CT molecular complexity index is 206. The lowest BCUT2D eigenvalue weighted by atomic mass is 10.1. The minimum atomic E-state index is 0.544. The van der Waals surface area contributed by atoms with Crippen molar-refractivity contribution in [1.29, 1.82) is 0 Å². The molecule has 1 saturated heterocycles. The van der Waals surface area contributed by atoms with Gasteiger partial charge in [0, 0.05) is 6.04 Å². The van der Waals surface area contributed by atoms with E-state index in [4.69, 9.17) is 0 Å². The van der Waals surface area contributed by atoms with Crippen LogP contribution in [0.1, 0.15) is 32.6 Å². The first-order valence-electron chi connectivity index (χ1n) is 5.22. The molecule has 0 amide bonds. The molecule has 4 unspecified atom stereocenters. The number of fused-ring (bicyclic) bond motifs is 2. The van der Waals surface area contributed by atoms with E-state index in [1.165, 1.54) is 31.4 Å². The number of nitrogens with one attached hydrogen (secondary N) is 1. The van der Waals surface area contributed by atoms with Gasteiger partial charge in [0.05, 0.1) is 4.87 Å². The van der Waals surface area contributed by atoms with Gasteiger partial charge in [-0.05, 0) is 50.2 Å². The predicted molar refractivity (Wildman–Crippen MR) is 53.2 cm³/mol. The Morgan fingerprint density at radius 3 is 2.92 bits per heavy atom. The third kappa shape index (κ3) is 0.973. The van der Waals surface area contributed by atoms with E-state index in [2.05, 4.69) is 24.0 Å². The molecule has 1 heterocycles. The van der Waals surface area contributed by atoms with Crippen LogP contribution in [-0.2, 0) is 0 Å². The minimum Gasteiger partial charge on any atom is -0.300 e. The lowest BCUT2D eigenvalue weighted by molar-refractivity contribution is 0.360. The van der Waals surface area contributed by atoms with Crippen molar-refractivity contribution < 1.29 is 0 Å². The van der Waals surface area contributed by atoms with Gasteiger partial charge in [0.1, 0.15) is 0 Å². The summed E-state index contributed by atoms with van der Waals surface area (Å²) >= 11 is 2.22. The Hall–Kier alpha value is 0.310. The van der Waals surface area contributed by atoms with E-state index in [9.17, 15) is 0 Å². The molecule has 1 aliphatic heterocycles. The molecule has 3 aliphatic rings. The van der Waals surface area contributed by atoms with E-state index in [1.807, 2.05) is 0 Å². The first-order valence-corrected chi connectivity index (χ1v) is 6.20. The number of hydrogen-bond donors (Lipinski definition) is 1. The summed E-state index contributed by atoms with van der Waals surface area (Å²) in [6.45, 7) is 2.34. The SMILES string of the molecule is CC1CCSC2(CCC3CC32)N1. The maximum absolute atomic E-state index is 3.85. The first-order chi connectivity index (χ1) is 5.80. The van der Waals surface area contributed by atoms with Crippen LogP contribution >= 0.6 is 11.8 Å². The van der Waals surface area contributed by atoms with Gasteiger partial charge in [0.25, 0.3) is 0 Å². The Labute approximate surface area is 78.7 Å². The maximum atomic E-state index is 3.85. The standard InChI is InChI=1S/C10H17NS/c1-7-3-5-12-10(11-7)4-2-8-6-9(8)10/h7-9,11H,2-6H2,1H3. The smallest absolute Gasteiger partial charge is 0.0678 e. The van der Waals surface area contributed by atoms with Gasteiger partial charge in [-0.3, -0.25) is 0 Å². The topological polar surface area (TPSA) is 12.0 Å². The molecule has 2 aliphatic carbocycles. The Kier molecular flexibility index (Phi) is 1.55. The fraction of sp³-hybridized carbons (Fsp3) is 1.00. The molecule has 2 heteroatoms. The normalized spacial score (nSPS) is 57.2. The molecule has 1 nitrogen and oxygen atoms in total. The maximum Gasteiger partial charge on any atom is 0.0678 e. The molecule has 3 rings (SSSR count). The summed E-state index contributed by atoms with van der Waals surface area (Å²) in [5, 5.41) is 3.85.